The van der Waals surface area contributed by atoms with Crippen LogP contribution < -0.4 is 10.6 Å². The van der Waals surface area contributed by atoms with Gasteiger partial charge in [0.1, 0.15) is 17.7 Å². The minimum Gasteiger partial charge on any atom is -0.369 e. The Kier molecular flexibility index (Phi) is 4.72. The third-order valence-electron chi connectivity index (χ3n) is 3.39. The summed E-state index contributed by atoms with van der Waals surface area (Å²) in [5.41, 5.74) is 0.157. The second-order valence-corrected chi connectivity index (χ2v) is 4.94. The fourth-order valence-electron chi connectivity index (χ4n) is 2.20. The van der Waals surface area contributed by atoms with Gasteiger partial charge >= 0.3 is 0 Å². The van der Waals surface area contributed by atoms with E-state index in [1.54, 1.807) is 6.92 Å². The standard InChI is InChI=1S/C14H19FN4O2/c1-3-4-16-12-11(7-10(15)8-18-12)14(21)19-6-5-17-13(20)9(19)2/h7-9H,3-6H2,1-2H3,(H,16,18)(H,17,20). The molecule has 1 unspecified atom stereocenters. The molecule has 2 N–H and O–H groups in total. The van der Waals surface area contributed by atoms with Gasteiger partial charge in [0.2, 0.25) is 5.91 Å². The van der Waals surface area contributed by atoms with Gasteiger partial charge in [0.05, 0.1) is 11.8 Å². The Morgan fingerprint density at radius 3 is 3.10 bits per heavy atom. The molecule has 1 fully saturated rings. The van der Waals surface area contributed by atoms with Gasteiger partial charge in [-0.15, -0.1) is 0 Å². The normalized spacial score (nSPS) is 18.3. The van der Waals surface area contributed by atoms with Crippen molar-refractivity contribution in [1.29, 1.82) is 0 Å². The van der Waals surface area contributed by atoms with Crippen LogP contribution in [0.4, 0.5) is 10.2 Å². The average molecular weight is 294 g/mol. The predicted molar refractivity (Wildman–Crippen MR) is 76.5 cm³/mol. The summed E-state index contributed by atoms with van der Waals surface area (Å²) in [6.45, 7) is 5.06. The first kappa shape index (κ1) is 15.2. The molecule has 1 atom stereocenters. The van der Waals surface area contributed by atoms with Crippen molar-refractivity contribution in [1.82, 2.24) is 15.2 Å². The number of amides is 2. The van der Waals surface area contributed by atoms with Crippen LogP contribution in [-0.4, -0.2) is 47.4 Å². The van der Waals surface area contributed by atoms with Gasteiger partial charge in [-0.25, -0.2) is 9.37 Å². The highest BCUT2D eigenvalue weighted by Crippen LogP contribution is 2.18. The molecule has 0 saturated carbocycles. The van der Waals surface area contributed by atoms with Crippen LogP contribution >= 0.6 is 0 Å². The van der Waals surface area contributed by atoms with Crippen molar-refractivity contribution in [2.45, 2.75) is 26.3 Å². The van der Waals surface area contributed by atoms with Crippen LogP contribution in [0.2, 0.25) is 0 Å². The maximum Gasteiger partial charge on any atom is 0.258 e. The number of hydrogen-bond donors (Lipinski definition) is 2. The number of rotatable bonds is 4. The second kappa shape index (κ2) is 6.51. The SMILES string of the molecule is CCCNc1ncc(F)cc1C(=O)N1CCNC(=O)C1C. The number of anilines is 1. The third kappa shape index (κ3) is 3.29. The molecular formula is C14H19FN4O2. The van der Waals surface area contributed by atoms with Gasteiger partial charge in [-0.2, -0.15) is 0 Å². The molecule has 1 aromatic heterocycles. The molecule has 21 heavy (non-hydrogen) atoms. The van der Waals surface area contributed by atoms with Crippen molar-refractivity contribution >= 4 is 17.6 Å². The van der Waals surface area contributed by atoms with Crippen molar-refractivity contribution in [3.8, 4) is 0 Å². The first-order valence-corrected chi connectivity index (χ1v) is 7.02. The average Bonchev–Trinajstić information content (AvgIpc) is 2.48. The van der Waals surface area contributed by atoms with Crippen molar-refractivity contribution in [3.05, 3.63) is 23.6 Å². The van der Waals surface area contributed by atoms with Gasteiger partial charge in [0.25, 0.3) is 5.91 Å². The predicted octanol–water partition coefficient (Wildman–Crippen LogP) is 1.00. The lowest BCUT2D eigenvalue weighted by Gasteiger charge is -2.33. The summed E-state index contributed by atoms with van der Waals surface area (Å²) in [4.78, 5) is 29.6. The molecule has 1 aromatic rings. The Labute approximate surface area is 122 Å². The Hall–Kier alpha value is -2.18. The van der Waals surface area contributed by atoms with Crippen LogP contribution in [0.5, 0.6) is 0 Å². The summed E-state index contributed by atoms with van der Waals surface area (Å²) < 4.78 is 13.4. The summed E-state index contributed by atoms with van der Waals surface area (Å²) in [7, 11) is 0. The van der Waals surface area contributed by atoms with E-state index in [9.17, 15) is 14.0 Å². The molecule has 114 valence electrons. The van der Waals surface area contributed by atoms with Crippen LogP contribution in [0.1, 0.15) is 30.6 Å². The number of nitrogens with zero attached hydrogens (tertiary/aromatic N) is 2. The van der Waals surface area contributed by atoms with Gasteiger partial charge in [-0.05, 0) is 19.4 Å². The summed E-state index contributed by atoms with van der Waals surface area (Å²) in [6.07, 6.45) is 1.93. The zero-order valence-electron chi connectivity index (χ0n) is 12.1. The monoisotopic (exact) mass is 294 g/mol. The first-order chi connectivity index (χ1) is 10.0. The Balaban J connectivity index is 2.28. The van der Waals surface area contributed by atoms with E-state index >= 15 is 0 Å². The Morgan fingerprint density at radius 2 is 2.38 bits per heavy atom. The number of carbonyl (C=O) groups is 2. The fourth-order valence-corrected chi connectivity index (χ4v) is 2.20. The number of carbonyl (C=O) groups excluding carboxylic acids is 2. The molecular weight excluding hydrogens is 275 g/mol. The quantitative estimate of drug-likeness (QED) is 0.869. The first-order valence-electron chi connectivity index (χ1n) is 7.02. The van der Waals surface area contributed by atoms with E-state index in [-0.39, 0.29) is 17.4 Å². The van der Waals surface area contributed by atoms with Crippen molar-refractivity contribution in [2.75, 3.05) is 25.0 Å². The number of hydrogen-bond acceptors (Lipinski definition) is 4. The van der Waals surface area contributed by atoms with E-state index in [4.69, 9.17) is 0 Å². The minimum absolute atomic E-state index is 0.157. The van der Waals surface area contributed by atoms with E-state index < -0.39 is 11.9 Å². The topological polar surface area (TPSA) is 74.3 Å². The highest BCUT2D eigenvalue weighted by atomic mass is 19.1. The van der Waals surface area contributed by atoms with Gasteiger partial charge < -0.3 is 15.5 Å². The third-order valence-corrected chi connectivity index (χ3v) is 3.39. The largest absolute Gasteiger partial charge is 0.369 e. The van der Waals surface area contributed by atoms with Crippen molar-refractivity contribution in [3.63, 3.8) is 0 Å². The van der Waals surface area contributed by atoms with Crippen molar-refractivity contribution < 1.29 is 14.0 Å². The van der Waals surface area contributed by atoms with E-state index in [0.717, 1.165) is 18.7 Å². The number of halogens is 1. The van der Waals surface area contributed by atoms with Gasteiger partial charge in [0.15, 0.2) is 0 Å². The van der Waals surface area contributed by atoms with Crippen molar-refractivity contribution in [2.24, 2.45) is 0 Å². The molecule has 2 rings (SSSR count). The van der Waals surface area contributed by atoms with E-state index in [0.29, 0.717) is 25.5 Å². The lowest BCUT2D eigenvalue weighted by molar-refractivity contribution is -0.127. The molecule has 0 spiro atoms. The van der Waals surface area contributed by atoms with Crippen LogP contribution in [0.3, 0.4) is 0 Å². The van der Waals surface area contributed by atoms with E-state index in [2.05, 4.69) is 15.6 Å². The smallest absolute Gasteiger partial charge is 0.258 e. The molecule has 0 bridgehead atoms. The fraction of sp³-hybridized carbons (Fsp3) is 0.500. The highest BCUT2D eigenvalue weighted by Gasteiger charge is 2.31. The van der Waals surface area contributed by atoms with Crippen LogP contribution in [-0.2, 0) is 4.79 Å². The summed E-state index contributed by atoms with van der Waals surface area (Å²) in [6, 6.07) is 0.584. The zero-order valence-corrected chi connectivity index (χ0v) is 12.1. The van der Waals surface area contributed by atoms with E-state index in [1.165, 1.54) is 4.90 Å². The molecule has 1 saturated heterocycles. The lowest BCUT2D eigenvalue weighted by Crippen LogP contribution is -2.55. The van der Waals surface area contributed by atoms with Gasteiger partial charge in [0, 0.05) is 19.6 Å². The molecule has 0 radical (unpaired) electrons. The Morgan fingerprint density at radius 1 is 1.62 bits per heavy atom. The number of aromatic nitrogens is 1. The number of pyridine rings is 1. The summed E-state index contributed by atoms with van der Waals surface area (Å²) in [5.74, 6) is -0.819. The molecule has 6 nitrogen and oxygen atoms in total. The summed E-state index contributed by atoms with van der Waals surface area (Å²) in [5, 5.41) is 5.70. The molecule has 1 aliphatic heterocycles. The number of piperazine rings is 1. The number of nitrogens with one attached hydrogen (secondary N) is 2. The summed E-state index contributed by atoms with van der Waals surface area (Å²) >= 11 is 0. The molecule has 7 heteroatoms. The van der Waals surface area contributed by atoms with Crippen LogP contribution in [0, 0.1) is 5.82 Å². The molecule has 1 aliphatic rings. The Bertz CT molecular complexity index is 550. The molecule has 0 aromatic carbocycles. The maximum atomic E-state index is 13.4. The van der Waals surface area contributed by atoms with Gasteiger partial charge in [-0.1, -0.05) is 6.92 Å². The zero-order chi connectivity index (χ0) is 15.4. The minimum atomic E-state index is -0.575. The molecule has 2 heterocycles. The molecule has 2 amide bonds. The lowest BCUT2D eigenvalue weighted by atomic mass is 10.1. The maximum absolute atomic E-state index is 13.4. The van der Waals surface area contributed by atoms with E-state index in [1.807, 2.05) is 6.92 Å². The van der Waals surface area contributed by atoms with Crippen LogP contribution in [0.15, 0.2) is 12.3 Å². The van der Waals surface area contributed by atoms with Gasteiger partial charge in [-0.3, -0.25) is 9.59 Å². The second-order valence-electron chi connectivity index (χ2n) is 4.94. The van der Waals surface area contributed by atoms with Crippen LogP contribution in [0.25, 0.3) is 0 Å². The highest BCUT2D eigenvalue weighted by molar-refractivity contribution is 6.01. The molecule has 0 aliphatic carbocycles.